The molecule has 0 aliphatic carbocycles. The van der Waals surface area contributed by atoms with Gasteiger partial charge in [-0.25, -0.2) is 0 Å². The maximum absolute atomic E-state index is 12.6. The molecule has 1 unspecified atom stereocenters. The minimum atomic E-state index is -0.394. The van der Waals surface area contributed by atoms with Crippen LogP contribution in [0.2, 0.25) is 0 Å². The molecule has 3 N–H and O–H groups in total. The van der Waals surface area contributed by atoms with E-state index in [0.29, 0.717) is 19.6 Å². The Bertz CT molecular complexity index is 578. The van der Waals surface area contributed by atoms with E-state index in [1.807, 2.05) is 30.3 Å². The van der Waals surface area contributed by atoms with Crippen LogP contribution in [-0.4, -0.2) is 48.6 Å². The second-order valence-corrected chi connectivity index (χ2v) is 6.54. The smallest absolute Gasteiger partial charge is 0.251 e. The number of anilines is 1. The summed E-state index contributed by atoms with van der Waals surface area (Å²) < 4.78 is 5.70. The highest BCUT2D eigenvalue weighted by atomic mass is 16.5. The summed E-state index contributed by atoms with van der Waals surface area (Å²) in [6, 6.07) is 9.41. The number of para-hydroxylation sites is 1. The van der Waals surface area contributed by atoms with Crippen molar-refractivity contribution in [1.29, 1.82) is 0 Å². The maximum Gasteiger partial charge on any atom is 0.251 e. The first kappa shape index (κ1) is 16.9. The zero-order valence-electron chi connectivity index (χ0n) is 13.8. The van der Waals surface area contributed by atoms with Crippen molar-refractivity contribution in [3.63, 3.8) is 0 Å². The zero-order valence-corrected chi connectivity index (χ0v) is 13.8. The average molecular weight is 331 g/mol. The predicted molar refractivity (Wildman–Crippen MR) is 91.3 cm³/mol. The van der Waals surface area contributed by atoms with Crippen LogP contribution in [0.4, 0.5) is 5.69 Å². The van der Waals surface area contributed by atoms with E-state index in [1.165, 1.54) is 0 Å². The molecule has 1 aromatic carbocycles. The molecule has 0 radical (unpaired) electrons. The number of likely N-dealkylation sites (tertiary alicyclic amines) is 1. The second-order valence-electron chi connectivity index (χ2n) is 6.54. The van der Waals surface area contributed by atoms with Crippen molar-refractivity contribution in [3.8, 4) is 0 Å². The topological polar surface area (TPSA) is 84.7 Å². The number of ether oxygens (including phenoxy) is 1. The number of carbonyl (C=O) groups excluding carboxylic acids is 2. The average Bonchev–Trinajstić information content (AvgIpc) is 3.11. The molecule has 3 rings (SSSR count). The van der Waals surface area contributed by atoms with Gasteiger partial charge < -0.3 is 20.7 Å². The fourth-order valence-electron chi connectivity index (χ4n) is 3.42. The van der Waals surface area contributed by atoms with Gasteiger partial charge in [0.25, 0.3) is 5.91 Å². The highest BCUT2D eigenvalue weighted by Gasteiger charge is 2.36. The number of benzene rings is 1. The molecule has 6 heteroatoms. The summed E-state index contributed by atoms with van der Waals surface area (Å²) in [5.74, 6) is -0.191. The van der Waals surface area contributed by atoms with Crippen LogP contribution in [0.5, 0.6) is 0 Å². The van der Waals surface area contributed by atoms with Crippen LogP contribution < -0.4 is 11.1 Å². The number of amides is 2. The Morgan fingerprint density at radius 2 is 2.00 bits per heavy atom. The van der Waals surface area contributed by atoms with Crippen molar-refractivity contribution in [2.45, 2.75) is 37.9 Å². The summed E-state index contributed by atoms with van der Waals surface area (Å²) in [7, 11) is 0. The van der Waals surface area contributed by atoms with Crippen LogP contribution in [0.1, 0.15) is 25.7 Å². The number of hydrogen-bond acceptors (Lipinski definition) is 4. The van der Waals surface area contributed by atoms with E-state index in [2.05, 4.69) is 5.32 Å². The normalized spacial score (nSPS) is 27.0. The third kappa shape index (κ3) is 3.94. The number of rotatable bonds is 4. The molecule has 0 aromatic heterocycles. The van der Waals surface area contributed by atoms with E-state index in [1.54, 1.807) is 4.90 Å². The lowest BCUT2D eigenvalue weighted by molar-refractivity contribution is -0.145. The Labute approximate surface area is 142 Å². The van der Waals surface area contributed by atoms with E-state index in [0.717, 1.165) is 31.4 Å². The lowest BCUT2D eigenvalue weighted by atomic mass is 9.96. The minimum Gasteiger partial charge on any atom is -0.364 e. The second kappa shape index (κ2) is 7.77. The van der Waals surface area contributed by atoms with Crippen molar-refractivity contribution >= 4 is 17.5 Å². The highest BCUT2D eigenvalue weighted by molar-refractivity contribution is 5.93. The van der Waals surface area contributed by atoms with Crippen LogP contribution in [0.3, 0.4) is 0 Å². The summed E-state index contributed by atoms with van der Waals surface area (Å²) in [5.41, 5.74) is 6.39. The Morgan fingerprint density at radius 3 is 2.71 bits per heavy atom. The fraction of sp³-hybridized carbons (Fsp3) is 0.556. The Hall–Kier alpha value is -1.92. The van der Waals surface area contributed by atoms with Crippen molar-refractivity contribution in [1.82, 2.24) is 4.90 Å². The Balaban J connectivity index is 1.56. The lowest BCUT2D eigenvalue weighted by Gasteiger charge is -2.33. The maximum atomic E-state index is 12.6. The molecule has 6 nitrogen and oxygen atoms in total. The van der Waals surface area contributed by atoms with E-state index in [9.17, 15) is 9.59 Å². The van der Waals surface area contributed by atoms with Crippen molar-refractivity contribution < 1.29 is 14.3 Å². The van der Waals surface area contributed by atoms with E-state index in [-0.39, 0.29) is 23.8 Å². The summed E-state index contributed by atoms with van der Waals surface area (Å²) >= 11 is 0. The number of piperidine rings is 1. The Morgan fingerprint density at radius 1 is 1.21 bits per heavy atom. The minimum absolute atomic E-state index is 0.00293. The molecule has 2 amide bonds. The van der Waals surface area contributed by atoms with Gasteiger partial charge in [-0.2, -0.15) is 0 Å². The molecular weight excluding hydrogens is 306 g/mol. The summed E-state index contributed by atoms with van der Waals surface area (Å²) in [5, 5.41) is 2.93. The van der Waals surface area contributed by atoms with Gasteiger partial charge in [-0.05, 0) is 37.8 Å². The van der Waals surface area contributed by atoms with Gasteiger partial charge in [-0.15, -0.1) is 0 Å². The number of hydrogen-bond donors (Lipinski definition) is 2. The molecule has 3 atom stereocenters. The van der Waals surface area contributed by atoms with Gasteiger partial charge in [0.05, 0.1) is 12.0 Å². The molecule has 130 valence electrons. The van der Waals surface area contributed by atoms with Crippen LogP contribution >= 0.6 is 0 Å². The molecule has 2 fully saturated rings. The molecule has 2 aliphatic heterocycles. The fourth-order valence-corrected chi connectivity index (χ4v) is 3.42. The first-order valence-electron chi connectivity index (χ1n) is 8.67. The van der Waals surface area contributed by atoms with Crippen LogP contribution in [0.25, 0.3) is 0 Å². The predicted octanol–water partition coefficient (Wildman–Crippen LogP) is 1.37. The molecule has 2 heterocycles. The monoisotopic (exact) mass is 331 g/mol. The largest absolute Gasteiger partial charge is 0.364 e. The molecule has 0 bridgehead atoms. The zero-order chi connectivity index (χ0) is 16.9. The van der Waals surface area contributed by atoms with Gasteiger partial charge in [0.1, 0.15) is 6.10 Å². The highest BCUT2D eigenvalue weighted by Crippen LogP contribution is 2.24. The molecule has 2 aliphatic rings. The van der Waals surface area contributed by atoms with Gasteiger partial charge in [0.2, 0.25) is 5.91 Å². The van der Waals surface area contributed by atoms with Crippen LogP contribution in [0, 0.1) is 5.92 Å². The standard InChI is InChI=1S/C18H25N3O3/c19-11-15-8-9-16(24-15)18(23)21-10-4-5-13(12-21)17(22)20-14-6-2-1-3-7-14/h1-3,6-7,13,15-16H,4-5,8-12,19H2,(H,20,22)/t13?,15-,16+/m1/s1. The van der Waals surface area contributed by atoms with Gasteiger partial charge in [0, 0.05) is 25.3 Å². The van der Waals surface area contributed by atoms with Crippen molar-refractivity contribution in [2.24, 2.45) is 11.7 Å². The molecule has 24 heavy (non-hydrogen) atoms. The van der Waals surface area contributed by atoms with Gasteiger partial charge >= 0.3 is 0 Å². The quantitative estimate of drug-likeness (QED) is 0.873. The molecule has 1 aromatic rings. The van der Waals surface area contributed by atoms with Gasteiger partial charge in [-0.1, -0.05) is 18.2 Å². The number of carbonyl (C=O) groups is 2. The summed E-state index contributed by atoms with van der Waals surface area (Å²) in [4.78, 5) is 26.9. The van der Waals surface area contributed by atoms with Gasteiger partial charge in [-0.3, -0.25) is 9.59 Å². The molecule has 0 spiro atoms. The molecular formula is C18H25N3O3. The van der Waals surface area contributed by atoms with E-state index in [4.69, 9.17) is 10.5 Å². The van der Waals surface area contributed by atoms with E-state index < -0.39 is 6.10 Å². The number of nitrogens with one attached hydrogen (secondary N) is 1. The number of nitrogens with two attached hydrogens (primary N) is 1. The van der Waals surface area contributed by atoms with Crippen molar-refractivity contribution in [2.75, 3.05) is 25.0 Å². The van der Waals surface area contributed by atoms with Crippen molar-refractivity contribution in [3.05, 3.63) is 30.3 Å². The SMILES string of the molecule is NC[C@H]1CC[C@@H](C(=O)N2CCCC(C(=O)Nc3ccccc3)C2)O1. The summed E-state index contributed by atoms with van der Waals surface area (Å²) in [6.07, 6.45) is 2.79. The molecule has 0 saturated carbocycles. The third-order valence-corrected chi connectivity index (χ3v) is 4.79. The van der Waals surface area contributed by atoms with Gasteiger partial charge in [0.15, 0.2) is 0 Å². The lowest BCUT2D eigenvalue weighted by Crippen LogP contribution is -2.47. The number of nitrogens with zero attached hydrogens (tertiary/aromatic N) is 1. The third-order valence-electron chi connectivity index (χ3n) is 4.79. The Kier molecular flexibility index (Phi) is 5.48. The summed E-state index contributed by atoms with van der Waals surface area (Å²) in [6.45, 7) is 1.61. The van der Waals surface area contributed by atoms with Crippen LogP contribution in [0.15, 0.2) is 30.3 Å². The first-order valence-corrected chi connectivity index (χ1v) is 8.67. The first-order chi connectivity index (χ1) is 11.7. The van der Waals surface area contributed by atoms with Crippen LogP contribution in [-0.2, 0) is 14.3 Å². The molecule has 2 saturated heterocycles. The van der Waals surface area contributed by atoms with E-state index >= 15 is 0 Å².